The Hall–Kier alpha value is -2.45. The molecule has 0 atom stereocenters. The van der Waals surface area contributed by atoms with E-state index in [9.17, 15) is 30.7 Å². The van der Waals surface area contributed by atoms with Crippen LogP contribution in [0.1, 0.15) is 82.6 Å². The lowest BCUT2D eigenvalue weighted by atomic mass is 9.68. The monoisotopic (exact) mass is 546 g/mol. The summed E-state index contributed by atoms with van der Waals surface area (Å²) in [6.45, 7) is 0.662. The first-order valence-corrected chi connectivity index (χ1v) is 13.4. The van der Waals surface area contributed by atoms with Crippen molar-refractivity contribution in [2.24, 2.45) is 17.8 Å². The highest BCUT2D eigenvalue weighted by Gasteiger charge is 2.36. The van der Waals surface area contributed by atoms with Crippen LogP contribution in [-0.4, -0.2) is 12.7 Å². The number of ether oxygens (including phenoxy) is 2. The van der Waals surface area contributed by atoms with Gasteiger partial charge in [0.25, 0.3) is 0 Å². The third-order valence-electron chi connectivity index (χ3n) is 8.16. The van der Waals surface area contributed by atoms with E-state index in [2.05, 4.69) is 11.7 Å². The molecule has 0 heterocycles. The number of hydrogen-bond acceptors (Lipinski definition) is 2. The predicted octanol–water partition coefficient (Wildman–Crippen LogP) is 9.31. The van der Waals surface area contributed by atoms with Crippen LogP contribution >= 0.6 is 0 Å². The molecule has 2 nitrogen and oxygen atoms in total. The minimum atomic E-state index is -4.16. The molecule has 2 aliphatic carbocycles. The van der Waals surface area contributed by atoms with Crippen molar-refractivity contribution in [3.05, 3.63) is 58.9 Å². The zero-order valence-corrected chi connectivity index (χ0v) is 21.4. The van der Waals surface area contributed by atoms with Gasteiger partial charge in [0, 0.05) is 12.1 Å². The molecule has 2 saturated carbocycles. The van der Waals surface area contributed by atoms with Gasteiger partial charge in [-0.15, -0.1) is 0 Å². The molecule has 210 valence electrons. The van der Waals surface area contributed by atoms with E-state index in [0.29, 0.717) is 11.8 Å². The van der Waals surface area contributed by atoms with Gasteiger partial charge in [0.1, 0.15) is 5.75 Å². The molecule has 2 aromatic carbocycles. The van der Waals surface area contributed by atoms with Crippen LogP contribution in [0.2, 0.25) is 0 Å². The standard InChI is InChI=1S/C29H33F7O2/c1-2-3-17-4-6-18(7-5-17)19-8-10-20(11-9-19)22-12-13-25(28(34)26(22)32)37-16-29(35,36)38-21-14-23(30)27(33)24(31)15-21/h12-15,17-20H,2-11,16H2,1H3. The molecule has 0 bridgehead atoms. The Morgan fingerprint density at radius 1 is 0.763 bits per heavy atom. The summed E-state index contributed by atoms with van der Waals surface area (Å²) in [5, 5.41) is 0. The summed E-state index contributed by atoms with van der Waals surface area (Å²) >= 11 is 0. The molecular weight excluding hydrogens is 513 g/mol. The fraction of sp³-hybridized carbons (Fsp3) is 0.586. The first-order chi connectivity index (χ1) is 18.1. The fourth-order valence-corrected chi connectivity index (χ4v) is 6.19. The van der Waals surface area contributed by atoms with Crippen molar-refractivity contribution in [2.45, 2.75) is 83.2 Å². The van der Waals surface area contributed by atoms with Crippen LogP contribution in [0.25, 0.3) is 0 Å². The van der Waals surface area contributed by atoms with Gasteiger partial charge >= 0.3 is 6.11 Å². The van der Waals surface area contributed by atoms with E-state index < -0.39 is 53.3 Å². The number of halogens is 7. The van der Waals surface area contributed by atoms with E-state index in [1.807, 2.05) is 0 Å². The Kier molecular flexibility index (Phi) is 9.14. The van der Waals surface area contributed by atoms with Gasteiger partial charge in [-0.3, -0.25) is 0 Å². The van der Waals surface area contributed by atoms with Crippen LogP contribution < -0.4 is 9.47 Å². The second-order valence-electron chi connectivity index (χ2n) is 10.7. The Morgan fingerprint density at radius 2 is 1.34 bits per heavy atom. The summed E-state index contributed by atoms with van der Waals surface area (Å²) in [6, 6.07) is 2.95. The van der Waals surface area contributed by atoms with Crippen LogP contribution in [-0.2, 0) is 0 Å². The van der Waals surface area contributed by atoms with Gasteiger partial charge in [0.2, 0.25) is 5.82 Å². The van der Waals surface area contributed by atoms with Crippen LogP contribution in [0.5, 0.6) is 11.5 Å². The largest absolute Gasteiger partial charge is 0.480 e. The van der Waals surface area contributed by atoms with Crippen molar-refractivity contribution in [1.29, 1.82) is 0 Å². The molecule has 9 heteroatoms. The fourth-order valence-electron chi connectivity index (χ4n) is 6.19. The third-order valence-corrected chi connectivity index (χ3v) is 8.16. The lowest BCUT2D eigenvalue weighted by Gasteiger charge is -2.38. The van der Waals surface area contributed by atoms with Crippen LogP contribution in [0.3, 0.4) is 0 Å². The molecule has 2 aromatic rings. The first-order valence-electron chi connectivity index (χ1n) is 13.4. The molecule has 2 aliphatic rings. The second-order valence-corrected chi connectivity index (χ2v) is 10.7. The average Bonchev–Trinajstić information content (AvgIpc) is 2.89. The molecule has 0 unspecified atom stereocenters. The molecule has 0 amide bonds. The van der Waals surface area contributed by atoms with Crippen molar-refractivity contribution < 1.29 is 40.2 Å². The molecular formula is C29H33F7O2. The quantitative estimate of drug-likeness (QED) is 0.231. The van der Waals surface area contributed by atoms with Crippen LogP contribution in [0, 0.1) is 46.8 Å². The van der Waals surface area contributed by atoms with Crippen LogP contribution in [0.15, 0.2) is 24.3 Å². The molecule has 38 heavy (non-hydrogen) atoms. The average molecular weight is 547 g/mol. The van der Waals surface area contributed by atoms with Gasteiger partial charge in [-0.05, 0) is 73.8 Å². The maximum Gasteiger partial charge on any atom is 0.433 e. The van der Waals surface area contributed by atoms with Gasteiger partial charge in [-0.2, -0.15) is 13.2 Å². The number of rotatable bonds is 9. The van der Waals surface area contributed by atoms with E-state index in [-0.39, 0.29) is 23.6 Å². The van der Waals surface area contributed by atoms with Crippen molar-refractivity contribution in [1.82, 2.24) is 0 Å². The highest BCUT2D eigenvalue weighted by Crippen LogP contribution is 2.45. The van der Waals surface area contributed by atoms with Gasteiger partial charge in [-0.1, -0.05) is 38.7 Å². The van der Waals surface area contributed by atoms with Crippen molar-refractivity contribution >= 4 is 0 Å². The molecule has 0 N–H and O–H groups in total. The smallest absolute Gasteiger partial charge is 0.433 e. The molecule has 0 aromatic heterocycles. The molecule has 0 spiro atoms. The second kappa shape index (κ2) is 12.2. The maximum atomic E-state index is 14.9. The van der Waals surface area contributed by atoms with Crippen LogP contribution in [0.4, 0.5) is 30.7 Å². The predicted molar refractivity (Wildman–Crippen MR) is 129 cm³/mol. The zero-order chi connectivity index (χ0) is 27.4. The molecule has 0 radical (unpaired) electrons. The molecule has 4 rings (SSSR count). The Balaban J connectivity index is 1.32. The van der Waals surface area contributed by atoms with E-state index in [0.717, 1.165) is 37.7 Å². The third kappa shape index (κ3) is 6.75. The maximum absolute atomic E-state index is 14.9. The highest BCUT2D eigenvalue weighted by atomic mass is 19.3. The van der Waals surface area contributed by atoms with Gasteiger partial charge in [0.15, 0.2) is 35.6 Å². The number of alkyl halides is 2. The summed E-state index contributed by atoms with van der Waals surface area (Å²) in [6.07, 6.45) is 6.81. The van der Waals surface area contributed by atoms with E-state index in [4.69, 9.17) is 4.74 Å². The topological polar surface area (TPSA) is 18.5 Å². The Labute approximate surface area is 218 Å². The summed E-state index contributed by atoms with van der Waals surface area (Å²) < 4.78 is 106. The summed E-state index contributed by atoms with van der Waals surface area (Å²) in [5.74, 6) is -7.50. The minimum absolute atomic E-state index is 0.153. The lowest BCUT2D eigenvalue weighted by molar-refractivity contribution is -0.196. The Bertz CT molecular complexity index is 1070. The normalized spacial score (nSPS) is 24.3. The van der Waals surface area contributed by atoms with Crippen molar-refractivity contribution in [3.63, 3.8) is 0 Å². The number of benzene rings is 2. The first kappa shape index (κ1) is 28.6. The lowest BCUT2D eigenvalue weighted by Crippen LogP contribution is -2.32. The van der Waals surface area contributed by atoms with Gasteiger partial charge in [0.05, 0.1) is 0 Å². The highest BCUT2D eigenvalue weighted by molar-refractivity contribution is 5.33. The van der Waals surface area contributed by atoms with Crippen molar-refractivity contribution in [3.8, 4) is 11.5 Å². The Morgan fingerprint density at radius 3 is 1.92 bits per heavy atom. The van der Waals surface area contributed by atoms with E-state index >= 15 is 0 Å². The van der Waals surface area contributed by atoms with E-state index in [1.165, 1.54) is 44.6 Å². The summed E-state index contributed by atoms with van der Waals surface area (Å²) in [4.78, 5) is 0. The van der Waals surface area contributed by atoms with E-state index in [1.54, 1.807) is 0 Å². The SMILES string of the molecule is CCCC1CCC(C2CCC(c3ccc(OCC(F)(F)Oc4cc(F)c(F)c(F)c4)c(F)c3F)CC2)CC1. The number of hydrogen-bond donors (Lipinski definition) is 0. The zero-order valence-electron chi connectivity index (χ0n) is 21.4. The summed E-state index contributed by atoms with van der Waals surface area (Å²) in [5.41, 5.74) is 0.209. The van der Waals surface area contributed by atoms with Gasteiger partial charge < -0.3 is 9.47 Å². The summed E-state index contributed by atoms with van der Waals surface area (Å²) in [7, 11) is 0. The van der Waals surface area contributed by atoms with Gasteiger partial charge in [-0.25, -0.2) is 17.6 Å². The molecule has 2 fully saturated rings. The minimum Gasteiger partial charge on any atom is -0.480 e. The van der Waals surface area contributed by atoms with Crippen molar-refractivity contribution in [2.75, 3.05) is 6.61 Å². The molecule has 0 saturated heterocycles. The molecule has 0 aliphatic heterocycles.